The molecule has 3 rings (SSSR count). The molecule has 1 heterocycles. The van der Waals surface area contributed by atoms with E-state index in [0.29, 0.717) is 11.3 Å². The standard InChI is InChI=1S/C25H30N2O2/c1-15-9-11-18(12-10-15)27-23(29)21(16(2)26-27)17-13-19(24(3,4)5)22(28)20(14-17)25(6,7)8/h9-14H,1-8H3. The van der Waals surface area contributed by atoms with E-state index in [9.17, 15) is 9.59 Å². The average molecular weight is 391 g/mol. The number of nitrogens with zero attached hydrogens (tertiary/aromatic N) is 2. The van der Waals surface area contributed by atoms with E-state index in [2.05, 4.69) is 5.10 Å². The second-order valence-electron chi connectivity index (χ2n) is 9.91. The number of carbonyl (C=O) groups is 2. The Bertz CT molecular complexity index is 968. The Morgan fingerprint density at radius 2 is 1.28 bits per heavy atom. The van der Waals surface area contributed by atoms with Gasteiger partial charge in [-0.3, -0.25) is 9.59 Å². The van der Waals surface area contributed by atoms with Crippen LogP contribution in [0.5, 0.6) is 0 Å². The number of hydrogen-bond acceptors (Lipinski definition) is 3. The highest BCUT2D eigenvalue weighted by atomic mass is 16.2. The number of rotatable bonds is 1. The van der Waals surface area contributed by atoms with Crippen LogP contribution < -0.4 is 5.01 Å². The van der Waals surface area contributed by atoms with Gasteiger partial charge in [0.2, 0.25) is 0 Å². The van der Waals surface area contributed by atoms with Crippen molar-refractivity contribution in [3.8, 4) is 0 Å². The quantitative estimate of drug-likeness (QED) is 0.591. The molecule has 0 unspecified atom stereocenters. The van der Waals surface area contributed by atoms with Crippen molar-refractivity contribution in [2.75, 3.05) is 5.01 Å². The highest BCUT2D eigenvalue weighted by Crippen LogP contribution is 2.40. The summed E-state index contributed by atoms with van der Waals surface area (Å²) in [6, 6.07) is 7.73. The smallest absolute Gasteiger partial charge is 0.281 e. The van der Waals surface area contributed by atoms with Crippen LogP contribution in [-0.2, 0) is 9.59 Å². The fourth-order valence-corrected chi connectivity index (χ4v) is 3.59. The molecular weight excluding hydrogens is 360 g/mol. The lowest BCUT2D eigenvalue weighted by Gasteiger charge is -2.31. The molecule has 29 heavy (non-hydrogen) atoms. The predicted octanol–water partition coefficient (Wildman–Crippen LogP) is 5.54. The van der Waals surface area contributed by atoms with Gasteiger partial charge in [0, 0.05) is 11.1 Å². The van der Waals surface area contributed by atoms with Crippen molar-refractivity contribution < 1.29 is 9.59 Å². The molecule has 0 atom stereocenters. The molecule has 0 bridgehead atoms. The minimum atomic E-state index is -0.322. The molecule has 2 aliphatic rings. The fraction of sp³-hybridized carbons (Fsp3) is 0.400. The van der Waals surface area contributed by atoms with Crippen LogP contribution in [-0.4, -0.2) is 17.4 Å². The van der Waals surface area contributed by atoms with Crippen LogP contribution in [0, 0.1) is 17.8 Å². The van der Waals surface area contributed by atoms with E-state index in [-0.39, 0.29) is 22.5 Å². The Balaban J connectivity index is 2.17. The Labute approximate surface area is 173 Å². The molecule has 0 radical (unpaired) electrons. The molecule has 0 aromatic heterocycles. The van der Waals surface area contributed by atoms with Gasteiger partial charge in [-0.15, -0.1) is 0 Å². The number of hydrazone groups is 1. The summed E-state index contributed by atoms with van der Waals surface area (Å²) >= 11 is 0. The SMILES string of the molecule is CC1=NN(c2ccc(C)cc2)C(=O)C1=C1C=C(C(C)(C)C)C(=O)C(C(C)(C)C)=C1. The molecule has 1 aromatic rings. The van der Waals surface area contributed by atoms with E-state index >= 15 is 0 Å². The van der Waals surface area contributed by atoms with Gasteiger partial charge >= 0.3 is 0 Å². The number of amides is 1. The van der Waals surface area contributed by atoms with Gasteiger partial charge in [0.1, 0.15) is 0 Å². The largest absolute Gasteiger partial charge is 0.289 e. The molecule has 0 saturated carbocycles. The van der Waals surface area contributed by atoms with Crippen LogP contribution >= 0.6 is 0 Å². The third-order valence-corrected chi connectivity index (χ3v) is 5.29. The van der Waals surface area contributed by atoms with Crippen molar-refractivity contribution >= 4 is 23.1 Å². The summed E-state index contributed by atoms with van der Waals surface area (Å²) < 4.78 is 0. The van der Waals surface area contributed by atoms with Crippen LogP contribution in [0.25, 0.3) is 0 Å². The minimum Gasteiger partial charge on any atom is -0.289 e. The summed E-state index contributed by atoms with van der Waals surface area (Å²) in [6.07, 6.45) is 3.75. The van der Waals surface area contributed by atoms with Gasteiger partial charge in [0.25, 0.3) is 5.91 Å². The van der Waals surface area contributed by atoms with Crippen LogP contribution in [0.1, 0.15) is 54.0 Å². The van der Waals surface area contributed by atoms with Crippen molar-refractivity contribution in [2.45, 2.75) is 55.4 Å². The molecule has 1 aliphatic carbocycles. The summed E-state index contributed by atoms with van der Waals surface area (Å²) in [5.41, 5.74) is 4.65. The number of aryl methyl sites for hydroxylation is 1. The van der Waals surface area contributed by atoms with E-state index < -0.39 is 0 Å². The monoisotopic (exact) mass is 390 g/mol. The zero-order valence-corrected chi connectivity index (χ0v) is 18.7. The number of ketones is 1. The molecule has 4 nitrogen and oxygen atoms in total. The fourth-order valence-electron chi connectivity index (χ4n) is 3.59. The Morgan fingerprint density at radius 3 is 1.72 bits per heavy atom. The molecule has 1 aromatic carbocycles. The summed E-state index contributed by atoms with van der Waals surface area (Å²) in [5.74, 6) is -0.102. The van der Waals surface area contributed by atoms with E-state index in [4.69, 9.17) is 0 Å². The van der Waals surface area contributed by atoms with E-state index in [1.54, 1.807) is 0 Å². The molecule has 152 valence electrons. The Kier molecular flexibility index (Phi) is 5.02. The Hall–Kier alpha value is -2.75. The third kappa shape index (κ3) is 3.89. The first-order valence-corrected chi connectivity index (χ1v) is 10.0. The molecule has 0 N–H and O–H groups in total. The maximum atomic E-state index is 13.3. The van der Waals surface area contributed by atoms with Crippen molar-refractivity contribution in [1.82, 2.24) is 0 Å². The van der Waals surface area contributed by atoms with Gasteiger partial charge in [0.15, 0.2) is 5.78 Å². The molecule has 0 spiro atoms. The first kappa shape index (κ1) is 21.0. The summed E-state index contributed by atoms with van der Waals surface area (Å²) in [6.45, 7) is 16.0. The van der Waals surface area contributed by atoms with E-state index in [1.807, 2.05) is 91.8 Å². The number of hydrogen-bond donors (Lipinski definition) is 0. The van der Waals surface area contributed by atoms with E-state index in [1.165, 1.54) is 5.01 Å². The van der Waals surface area contributed by atoms with Gasteiger partial charge in [-0.1, -0.05) is 59.2 Å². The molecule has 0 fully saturated rings. The Morgan fingerprint density at radius 1 is 0.793 bits per heavy atom. The topological polar surface area (TPSA) is 49.7 Å². The third-order valence-electron chi connectivity index (χ3n) is 5.29. The number of Topliss-reactive ketones (excluding diaryl/α,β-unsaturated/α-hetero) is 1. The van der Waals surface area contributed by atoms with E-state index in [0.717, 1.165) is 28.0 Å². The highest BCUT2D eigenvalue weighted by molar-refractivity contribution is 6.31. The second kappa shape index (κ2) is 6.94. The number of allylic oxidation sites excluding steroid dienone is 5. The van der Waals surface area contributed by atoms with Crippen LogP contribution in [0.15, 0.2) is 63.8 Å². The highest BCUT2D eigenvalue weighted by Gasteiger charge is 2.37. The van der Waals surface area contributed by atoms with Crippen LogP contribution in [0.2, 0.25) is 0 Å². The van der Waals surface area contributed by atoms with Crippen molar-refractivity contribution in [3.05, 3.63) is 64.3 Å². The molecule has 1 aliphatic heterocycles. The predicted molar refractivity (Wildman–Crippen MR) is 119 cm³/mol. The number of carbonyl (C=O) groups excluding carboxylic acids is 2. The van der Waals surface area contributed by atoms with Gasteiger partial charge in [-0.2, -0.15) is 10.1 Å². The van der Waals surface area contributed by atoms with Gasteiger partial charge in [-0.25, -0.2) is 0 Å². The zero-order chi connectivity index (χ0) is 21.7. The van der Waals surface area contributed by atoms with Crippen molar-refractivity contribution in [3.63, 3.8) is 0 Å². The minimum absolute atomic E-state index is 0.0600. The lowest BCUT2D eigenvalue weighted by atomic mass is 9.71. The average Bonchev–Trinajstić information content (AvgIpc) is 2.88. The van der Waals surface area contributed by atoms with Crippen molar-refractivity contribution in [1.29, 1.82) is 0 Å². The maximum Gasteiger partial charge on any atom is 0.281 e. The molecular formula is C25H30N2O2. The first-order valence-electron chi connectivity index (χ1n) is 10.0. The lowest BCUT2D eigenvalue weighted by Crippen LogP contribution is -2.29. The van der Waals surface area contributed by atoms with Crippen LogP contribution in [0.4, 0.5) is 5.69 Å². The molecule has 4 heteroatoms. The normalized spacial score (nSPS) is 18.2. The summed E-state index contributed by atoms with van der Waals surface area (Å²) in [5, 5.41) is 5.97. The van der Waals surface area contributed by atoms with Gasteiger partial charge in [-0.05, 0) is 54.5 Å². The lowest BCUT2D eigenvalue weighted by molar-refractivity contribution is -0.115. The molecule has 1 amide bonds. The number of benzene rings is 1. The maximum absolute atomic E-state index is 13.3. The van der Waals surface area contributed by atoms with Gasteiger partial charge in [0.05, 0.1) is 17.0 Å². The summed E-state index contributed by atoms with van der Waals surface area (Å²) in [4.78, 5) is 26.5. The van der Waals surface area contributed by atoms with Crippen molar-refractivity contribution in [2.24, 2.45) is 15.9 Å². The van der Waals surface area contributed by atoms with Crippen LogP contribution in [0.3, 0.4) is 0 Å². The molecule has 0 saturated heterocycles. The zero-order valence-electron chi connectivity index (χ0n) is 18.7. The number of anilines is 1. The van der Waals surface area contributed by atoms with Gasteiger partial charge < -0.3 is 0 Å². The second-order valence-corrected chi connectivity index (χ2v) is 9.91. The first-order chi connectivity index (χ1) is 13.3. The summed E-state index contributed by atoms with van der Waals surface area (Å²) in [7, 11) is 0.